The van der Waals surface area contributed by atoms with E-state index in [1.165, 1.54) is 31.2 Å². The highest BCUT2D eigenvalue weighted by atomic mass is 15.4. The third kappa shape index (κ3) is 3.50. The Balaban J connectivity index is 1.72. The van der Waals surface area contributed by atoms with E-state index in [-0.39, 0.29) is 6.04 Å². The lowest BCUT2D eigenvalue weighted by atomic mass is 9.79. The van der Waals surface area contributed by atoms with Gasteiger partial charge in [0.05, 0.1) is 11.7 Å². The summed E-state index contributed by atoms with van der Waals surface area (Å²) in [6.07, 6.45) is 7.36. The molecule has 4 nitrogen and oxygen atoms in total. The fourth-order valence-electron chi connectivity index (χ4n) is 3.00. The molecule has 2 atom stereocenters. The highest BCUT2D eigenvalue weighted by Crippen LogP contribution is 2.35. The molecule has 1 N–H and O–H groups in total. The van der Waals surface area contributed by atoms with Gasteiger partial charge in [-0.2, -0.15) is 0 Å². The topological polar surface area (TPSA) is 42.7 Å². The van der Waals surface area contributed by atoms with Crippen LogP contribution in [0.3, 0.4) is 0 Å². The van der Waals surface area contributed by atoms with E-state index < -0.39 is 0 Å². The minimum atomic E-state index is 0.212. The number of nitrogens with zero attached hydrogens (tertiary/aromatic N) is 3. The number of aryl methyl sites for hydroxylation is 1. The van der Waals surface area contributed by atoms with Crippen molar-refractivity contribution in [3.63, 3.8) is 0 Å². The molecule has 1 saturated carbocycles. The maximum absolute atomic E-state index is 4.23. The first-order valence-electron chi connectivity index (χ1n) is 7.89. The van der Waals surface area contributed by atoms with Crippen molar-refractivity contribution in [1.82, 2.24) is 20.3 Å². The third-order valence-electron chi connectivity index (χ3n) is 4.51. The van der Waals surface area contributed by atoms with E-state index in [2.05, 4.69) is 52.9 Å². The van der Waals surface area contributed by atoms with Gasteiger partial charge in [0.2, 0.25) is 0 Å². The van der Waals surface area contributed by atoms with Crippen molar-refractivity contribution in [1.29, 1.82) is 0 Å². The van der Waals surface area contributed by atoms with Crippen LogP contribution in [0.1, 0.15) is 55.9 Å². The first-order valence-corrected chi connectivity index (χ1v) is 7.89. The molecule has 1 aliphatic rings. The number of hydrogen-bond acceptors (Lipinski definition) is 3. The predicted octanol–water partition coefficient (Wildman–Crippen LogP) is 3.40. The van der Waals surface area contributed by atoms with Crippen molar-refractivity contribution in [2.24, 2.45) is 13.0 Å². The summed E-state index contributed by atoms with van der Waals surface area (Å²) in [6.45, 7) is 2.17. The predicted molar refractivity (Wildman–Crippen MR) is 83.7 cm³/mol. The van der Waals surface area contributed by atoms with E-state index in [0.29, 0.717) is 6.04 Å². The van der Waals surface area contributed by atoms with Crippen molar-refractivity contribution >= 4 is 0 Å². The van der Waals surface area contributed by atoms with Crippen molar-refractivity contribution in [3.8, 4) is 0 Å². The molecular weight excluding hydrogens is 260 g/mol. The van der Waals surface area contributed by atoms with Gasteiger partial charge < -0.3 is 5.32 Å². The molecule has 4 heteroatoms. The molecule has 1 aliphatic carbocycles. The average molecular weight is 284 g/mol. The lowest BCUT2D eigenvalue weighted by molar-refractivity contribution is 0.253. The maximum Gasteiger partial charge on any atom is 0.0993 e. The summed E-state index contributed by atoms with van der Waals surface area (Å²) < 4.78 is 1.76. The van der Waals surface area contributed by atoms with Crippen molar-refractivity contribution < 1.29 is 0 Å². The van der Waals surface area contributed by atoms with E-state index in [4.69, 9.17) is 0 Å². The Morgan fingerprint density at radius 3 is 2.62 bits per heavy atom. The highest BCUT2D eigenvalue weighted by molar-refractivity contribution is 5.19. The van der Waals surface area contributed by atoms with Gasteiger partial charge in [0.25, 0.3) is 0 Å². The standard InChI is InChI=1S/C17H24N4/c1-13(17-12-21(2)20-19-17)18-16(11-14-7-6-8-14)15-9-4-3-5-10-15/h3-5,9-10,12-14,16,18H,6-8,11H2,1-2H3/t13-,16-/m1/s1. The van der Waals surface area contributed by atoms with Crippen LogP contribution < -0.4 is 5.32 Å². The van der Waals surface area contributed by atoms with Gasteiger partial charge in [-0.3, -0.25) is 4.68 Å². The maximum atomic E-state index is 4.23. The van der Waals surface area contributed by atoms with Crippen LogP contribution in [0.15, 0.2) is 36.5 Å². The second-order valence-corrected chi connectivity index (χ2v) is 6.20. The molecule has 0 amide bonds. The average Bonchev–Trinajstić information content (AvgIpc) is 2.89. The fourth-order valence-corrected chi connectivity index (χ4v) is 3.00. The molecular formula is C17H24N4. The molecule has 0 bridgehead atoms. The monoisotopic (exact) mass is 284 g/mol. The van der Waals surface area contributed by atoms with Crippen LogP contribution in [0, 0.1) is 5.92 Å². The van der Waals surface area contributed by atoms with Crippen LogP contribution in [-0.2, 0) is 7.05 Å². The molecule has 2 aromatic rings. The normalized spacial score (nSPS) is 18.2. The first-order chi connectivity index (χ1) is 10.2. The quantitative estimate of drug-likeness (QED) is 0.884. The zero-order valence-electron chi connectivity index (χ0n) is 12.9. The van der Waals surface area contributed by atoms with Crippen LogP contribution in [0.4, 0.5) is 0 Å². The Morgan fingerprint density at radius 1 is 1.29 bits per heavy atom. The van der Waals surface area contributed by atoms with Crippen LogP contribution >= 0.6 is 0 Å². The number of nitrogens with one attached hydrogen (secondary N) is 1. The van der Waals surface area contributed by atoms with Crippen molar-refractivity contribution in [3.05, 3.63) is 47.8 Å². The molecule has 0 spiro atoms. The summed E-state index contributed by atoms with van der Waals surface area (Å²) in [4.78, 5) is 0. The third-order valence-corrected chi connectivity index (χ3v) is 4.51. The molecule has 0 unspecified atom stereocenters. The summed E-state index contributed by atoms with van der Waals surface area (Å²) in [7, 11) is 1.91. The van der Waals surface area contributed by atoms with Gasteiger partial charge >= 0.3 is 0 Å². The molecule has 1 aromatic carbocycles. The van der Waals surface area contributed by atoms with Gasteiger partial charge in [0.15, 0.2) is 0 Å². The zero-order valence-corrected chi connectivity index (χ0v) is 12.9. The number of aromatic nitrogens is 3. The Hall–Kier alpha value is -1.68. The van der Waals surface area contributed by atoms with E-state index in [0.717, 1.165) is 11.6 Å². The lowest BCUT2D eigenvalue weighted by Crippen LogP contribution is -2.28. The van der Waals surface area contributed by atoms with Gasteiger partial charge in [0, 0.05) is 19.3 Å². The largest absolute Gasteiger partial charge is 0.302 e. The number of rotatable bonds is 6. The number of hydrogen-bond donors (Lipinski definition) is 1. The van der Waals surface area contributed by atoms with Crippen LogP contribution in [0.25, 0.3) is 0 Å². The molecule has 0 aliphatic heterocycles. The molecule has 112 valence electrons. The van der Waals surface area contributed by atoms with Crippen LogP contribution in [0.5, 0.6) is 0 Å². The zero-order chi connectivity index (χ0) is 14.7. The van der Waals surface area contributed by atoms with E-state index >= 15 is 0 Å². The molecule has 1 aromatic heterocycles. The van der Waals surface area contributed by atoms with Gasteiger partial charge in [-0.15, -0.1) is 5.10 Å². The molecule has 0 saturated heterocycles. The van der Waals surface area contributed by atoms with Gasteiger partial charge in [0.1, 0.15) is 0 Å². The molecule has 1 heterocycles. The molecule has 1 fully saturated rings. The Bertz CT molecular complexity index is 559. The summed E-state index contributed by atoms with van der Waals surface area (Å²) >= 11 is 0. The Labute approximate surface area is 126 Å². The highest BCUT2D eigenvalue weighted by Gasteiger charge is 2.24. The van der Waals surface area contributed by atoms with Crippen molar-refractivity contribution in [2.75, 3.05) is 0 Å². The van der Waals surface area contributed by atoms with Gasteiger partial charge in [-0.05, 0) is 24.8 Å². The first kappa shape index (κ1) is 14.3. The Kier molecular flexibility index (Phi) is 4.34. The summed E-state index contributed by atoms with van der Waals surface area (Å²) in [5.41, 5.74) is 2.38. The summed E-state index contributed by atoms with van der Waals surface area (Å²) in [5, 5.41) is 12.0. The van der Waals surface area contributed by atoms with Crippen LogP contribution in [0.2, 0.25) is 0 Å². The fraction of sp³-hybridized carbons (Fsp3) is 0.529. The number of benzene rings is 1. The van der Waals surface area contributed by atoms with Gasteiger partial charge in [-0.25, -0.2) is 0 Å². The SMILES string of the molecule is C[C@@H](N[C@H](CC1CCC1)c1ccccc1)c1cn(C)nn1. The minimum Gasteiger partial charge on any atom is -0.302 e. The van der Waals surface area contributed by atoms with Crippen LogP contribution in [-0.4, -0.2) is 15.0 Å². The minimum absolute atomic E-state index is 0.212. The van der Waals surface area contributed by atoms with E-state index in [9.17, 15) is 0 Å². The van der Waals surface area contributed by atoms with Crippen molar-refractivity contribution in [2.45, 2.75) is 44.7 Å². The summed E-state index contributed by atoms with van der Waals surface area (Å²) in [6, 6.07) is 11.4. The molecule has 3 rings (SSSR count). The van der Waals surface area contributed by atoms with E-state index in [1.807, 2.05) is 13.2 Å². The Morgan fingerprint density at radius 2 is 2.05 bits per heavy atom. The second-order valence-electron chi connectivity index (χ2n) is 6.20. The summed E-state index contributed by atoms with van der Waals surface area (Å²) in [5.74, 6) is 0.872. The van der Waals surface area contributed by atoms with E-state index in [1.54, 1.807) is 4.68 Å². The molecule has 21 heavy (non-hydrogen) atoms. The molecule has 0 radical (unpaired) electrons. The second kappa shape index (κ2) is 6.39. The van der Waals surface area contributed by atoms with Gasteiger partial charge in [-0.1, -0.05) is 54.8 Å². The lowest BCUT2D eigenvalue weighted by Gasteiger charge is -2.31. The smallest absolute Gasteiger partial charge is 0.0993 e.